The van der Waals surface area contributed by atoms with Crippen LogP contribution in [0.15, 0.2) is 60.7 Å². The summed E-state index contributed by atoms with van der Waals surface area (Å²) in [5.41, 5.74) is 1.98. The zero-order valence-electron chi connectivity index (χ0n) is 21.7. The number of phenols is 1. The zero-order valence-corrected chi connectivity index (χ0v) is 22.5. The van der Waals surface area contributed by atoms with Gasteiger partial charge in [0.2, 0.25) is 10.0 Å². The van der Waals surface area contributed by atoms with Gasteiger partial charge in [0, 0.05) is 19.8 Å². The molecule has 0 saturated carbocycles. The number of sulfonamides is 1. The molecule has 0 spiro atoms. The molecule has 0 saturated heterocycles. The molecule has 37 heavy (non-hydrogen) atoms. The first-order valence-corrected chi connectivity index (χ1v) is 15.0. The number of fused-ring (bicyclic) bond motifs is 1. The Morgan fingerprint density at radius 1 is 0.865 bits per heavy atom. The van der Waals surface area contributed by atoms with Crippen molar-refractivity contribution in [3.8, 4) is 5.75 Å². The molecule has 0 fully saturated rings. The smallest absolute Gasteiger partial charge is 0.229 e. The van der Waals surface area contributed by atoms with Gasteiger partial charge in [0.25, 0.3) is 0 Å². The lowest BCUT2D eigenvalue weighted by molar-refractivity contribution is 0.126. The van der Waals surface area contributed by atoms with E-state index in [1.54, 1.807) is 6.07 Å². The molecular formula is C29H40N2O5S. The predicted molar refractivity (Wildman–Crippen MR) is 151 cm³/mol. The van der Waals surface area contributed by atoms with E-state index in [1.165, 1.54) is 28.5 Å². The van der Waals surface area contributed by atoms with Gasteiger partial charge in [-0.25, -0.2) is 8.42 Å². The van der Waals surface area contributed by atoms with Crippen LogP contribution in [0.1, 0.15) is 55.8 Å². The number of aliphatic hydroxyl groups excluding tert-OH is 1. The lowest BCUT2D eigenvalue weighted by Crippen LogP contribution is -2.22. The molecule has 202 valence electrons. The second-order valence-electron chi connectivity index (χ2n) is 9.54. The molecule has 3 rings (SSSR count). The van der Waals surface area contributed by atoms with Crippen molar-refractivity contribution in [2.45, 2.75) is 51.0 Å². The average Bonchev–Trinajstić information content (AvgIpc) is 2.87. The lowest BCUT2D eigenvalue weighted by Gasteiger charge is -2.14. The zero-order chi connectivity index (χ0) is 26.5. The summed E-state index contributed by atoms with van der Waals surface area (Å²) < 4.78 is 30.9. The highest BCUT2D eigenvalue weighted by molar-refractivity contribution is 7.92. The minimum Gasteiger partial charge on any atom is -0.506 e. The minimum absolute atomic E-state index is 0.0613. The van der Waals surface area contributed by atoms with Gasteiger partial charge in [-0.15, -0.1) is 0 Å². The van der Waals surface area contributed by atoms with Crippen LogP contribution in [0.25, 0.3) is 10.8 Å². The third-order valence-corrected chi connectivity index (χ3v) is 6.84. The average molecular weight is 529 g/mol. The molecule has 3 aromatic carbocycles. The molecule has 0 aliphatic rings. The normalized spacial score (nSPS) is 12.6. The van der Waals surface area contributed by atoms with Gasteiger partial charge in [-0.1, -0.05) is 61.4 Å². The summed E-state index contributed by atoms with van der Waals surface area (Å²) in [5, 5.41) is 26.0. The maximum Gasteiger partial charge on any atom is 0.229 e. The van der Waals surface area contributed by atoms with E-state index in [1.807, 2.05) is 0 Å². The van der Waals surface area contributed by atoms with Crippen molar-refractivity contribution in [1.82, 2.24) is 5.32 Å². The number of ether oxygens (including phenoxy) is 1. The van der Waals surface area contributed by atoms with Crippen molar-refractivity contribution >= 4 is 26.5 Å². The second kappa shape index (κ2) is 14.9. The molecule has 7 nitrogen and oxygen atoms in total. The van der Waals surface area contributed by atoms with Crippen LogP contribution in [-0.2, 0) is 21.2 Å². The first kappa shape index (κ1) is 28.9. The molecule has 0 aliphatic heterocycles. The molecule has 8 heteroatoms. The Hall–Kier alpha value is -2.65. The topological polar surface area (TPSA) is 108 Å². The summed E-state index contributed by atoms with van der Waals surface area (Å²) in [7, 11) is -3.52. The predicted octanol–water partition coefficient (Wildman–Crippen LogP) is 5.14. The van der Waals surface area contributed by atoms with Crippen LogP contribution in [0.3, 0.4) is 0 Å². The number of anilines is 1. The van der Waals surface area contributed by atoms with Gasteiger partial charge >= 0.3 is 0 Å². The molecule has 0 heterocycles. The quantitative estimate of drug-likeness (QED) is 0.143. The molecule has 0 radical (unpaired) electrons. The standard InChI is InChI=1S/C29H40N2O5S/c1-37(34,35)31-27-21-26(15-16-28(27)32)29(33)22-30-17-7-2-3-8-18-36-19-9-6-10-23-13-14-24-11-4-5-12-25(24)20-23/h4-5,11-16,20-21,29-33H,2-3,6-10,17-19,22H2,1H3. The van der Waals surface area contributed by atoms with E-state index in [0.717, 1.165) is 71.0 Å². The summed E-state index contributed by atoms with van der Waals surface area (Å²) >= 11 is 0. The highest BCUT2D eigenvalue weighted by Gasteiger charge is 2.12. The van der Waals surface area contributed by atoms with Crippen LogP contribution in [0, 0.1) is 0 Å². The van der Waals surface area contributed by atoms with E-state index < -0.39 is 16.1 Å². The number of hydrogen-bond donors (Lipinski definition) is 4. The first-order valence-electron chi connectivity index (χ1n) is 13.1. The van der Waals surface area contributed by atoms with Crippen LogP contribution in [0.2, 0.25) is 0 Å². The number of aromatic hydroxyl groups is 1. The molecule has 0 aliphatic carbocycles. The number of hydrogen-bond acceptors (Lipinski definition) is 6. The summed E-state index contributed by atoms with van der Waals surface area (Å²) in [4.78, 5) is 0. The Kier molecular flexibility index (Phi) is 11.7. The number of rotatable bonds is 17. The number of benzene rings is 3. The Morgan fingerprint density at radius 3 is 2.38 bits per heavy atom. The molecule has 0 aromatic heterocycles. The monoisotopic (exact) mass is 528 g/mol. The molecule has 1 unspecified atom stereocenters. The van der Waals surface area contributed by atoms with Crippen LogP contribution in [-0.4, -0.2) is 51.2 Å². The van der Waals surface area contributed by atoms with Crippen molar-refractivity contribution in [2.75, 3.05) is 37.3 Å². The summed E-state index contributed by atoms with van der Waals surface area (Å²) in [6, 6.07) is 19.6. The van der Waals surface area contributed by atoms with Crippen molar-refractivity contribution in [3.05, 3.63) is 71.8 Å². The lowest BCUT2D eigenvalue weighted by atomic mass is 10.0. The Labute approximate surface area is 220 Å². The number of aryl methyl sites for hydroxylation is 1. The summed E-state index contributed by atoms with van der Waals surface area (Å²) in [6.07, 6.45) is 7.78. The van der Waals surface area contributed by atoms with Gasteiger partial charge in [-0.3, -0.25) is 4.72 Å². The van der Waals surface area contributed by atoms with Crippen LogP contribution in [0.5, 0.6) is 5.75 Å². The number of aliphatic hydroxyl groups is 1. The highest BCUT2D eigenvalue weighted by Crippen LogP contribution is 2.27. The van der Waals surface area contributed by atoms with Crippen molar-refractivity contribution in [1.29, 1.82) is 0 Å². The molecular weight excluding hydrogens is 488 g/mol. The van der Waals surface area contributed by atoms with Crippen LogP contribution >= 0.6 is 0 Å². The van der Waals surface area contributed by atoms with Gasteiger partial charge in [0.15, 0.2) is 0 Å². The van der Waals surface area contributed by atoms with Crippen molar-refractivity contribution < 1.29 is 23.4 Å². The molecule has 0 bridgehead atoms. The number of phenolic OH excluding ortho intramolecular Hbond substituents is 1. The maximum atomic E-state index is 11.4. The van der Waals surface area contributed by atoms with E-state index in [9.17, 15) is 18.6 Å². The Balaban J connectivity index is 1.17. The fraction of sp³-hybridized carbons (Fsp3) is 0.448. The minimum atomic E-state index is -3.52. The van der Waals surface area contributed by atoms with Gasteiger partial charge < -0.3 is 20.3 Å². The van der Waals surface area contributed by atoms with Gasteiger partial charge in [0.1, 0.15) is 5.75 Å². The third-order valence-electron chi connectivity index (χ3n) is 6.25. The van der Waals surface area contributed by atoms with E-state index in [-0.39, 0.29) is 11.4 Å². The molecule has 4 N–H and O–H groups in total. The van der Waals surface area contributed by atoms with E-state index in [0.29, 0.717) is 12.1 Å². The summed E-state index contributed by atoms with van der Waals surface area (Å²) in [6.45, 7) is 2.75. The summed E-state index contributed by atoms with van der Waals surface area (Å²) in [5.74, 6) is -0.181. The van der Waals surface area contributed by atoms with E-state index >= 15 is 0 Å². The molecule has 1 atom stereocenters. The highest BCUT2D eigenvalue weighted by atomic mass is 32.2. The molecule has 3 aromatic rings. The van der Waals surface area contributed by atoms with Gasteiger partial charge in [-0.05, 0) is 72.7 Å². The van der Waals surface area contributed by atoms with E-state index in [4.69, 9.17) is 4.74 Å². The van der Waals surface area contributed by atoms with Crippen LogP contribution in [0.4, 0.5) is 5.69 Å². The van der Waals surface area contributed by atoms with Gasteiger partial charge in [-0.2, -0.15) is 0 Å². The Bertz CT molecular complexity index is 1220. The van der Waals surface area contributed by atoms with Crippen molar-refractivity contribution in [3.63, 3.8) is 0 Å². The number of unbranched alkanes of at least 4 members (excludes halogenated alkanes) is 4. The van der Waals surface area contributed by atoms with Crippen LogP contribution < -0.4 is 10.0 Å². The van der Waals surface area contributed by atoms with E-state index in [2.05, 4.69) is 52.5 Å². The van der Waals surface area contributed by atoms with Gasteiger partial charge in [0.05, 0.1) is 18.0 Å². The fourth-order valence-electron chi connectivity index (χ4n) is 4.24. The maximum absolute atomic E-state index is 11.4. The first-order chi connectivity index (χ1) is 17.8. The largest absolute Gasteiger partial charge is 0.506 e. The van der Waals surface area contributed by atoms with Crippen molar-refractivity contribution in [2.24, 2.45) is 0 Å². The molecule has 0 amide bonds. The Morgan fingerprint density at radius 2 is 1.59 bits per heavy atom. The number of nitrogens with one attached hydrogen (secondary N) is 2. The third kappa shape index (κ3) is 10.7. The second-order valence-corrected chi connectivity index (χ2v) is 11.3. The fourth-order valence-corrected chi connectivity index (χ4v) is 4.80. The SMILES string of the molecule is CS(=O)(=O)Nc1cc(C(O)CNCCCCCCOCCCCc2ccc3ccccc3c2)ccc1O.